The van der Waals surface area contributed by atoms with Crippen LogP contribution in [-0.4, -0.2) is 34.1 Å². The number of aliphatic carboxylic acids is 1. The van der Waals surface area contributed by atoms with Gasteiger partial charge in [-0.3, -0.25) is 19.6 Å². The van der Waals surface area contributed by atoms with E-state index in [1.54, 1.807) is 12.4 Å². The van der Waals surface area contributed by atoms with Crippen LogP contribution in [0.5, 0.6) is 0 Å². The van der Waals surface area contributed by atoms with Gasteiger partial charge in [0.1, 0.15) is 6.61 Å². The highest BCUT2D eigenvalue weighted by atomic mass is 16.5. The highest BCUT2D eigenvalue weighted by Crippen LogP contribution is 2.59. The predicted molar refractivity (Wildman–Crippen MR) is 130 cm³/mol. The number of fused-ring (bicyclic) bond motifs is 6. The molecule has 0 aliphatic heterocycles. The van der Waals surface area contributed by atoms with Gasteiger partial charge in [-0.2, -0.15) is 0 Å². The Kier molecular flexibility index (Phi) is 4.78. The molecule has 6 nitrogen and oxygen atoms in total. The Bertz CT molecular complexity index is 1390. The number of carboxylic acids is 1. The van der Waals surface area contributed by atoms with Crippen LogP contribution in [0.4, 0.5) is 0 Å². The minimum Gasteiger partial charge on any atom is -0.481 e. The third-order valence-electron chi connectivity index (χ3n) is 7.50. The molecule has 0 saturated heterocycles. The summed E-state index contributed by atoms with van der Waals surface area (Å²) in [6, 6.07) is 23.6. The van der Waals surface area contributed by atoms with Gasteiger partial charge in [-0.15, -0.1) is 0 Å². The van der Waals surface area contributed by atoms with Gasteiger partial charge >= 0.3 is 5.97 Å². The fourth-order valence-electron chi connectivity index (χ4n) is 6.31. The Morgan fingerprint density at radius 3 is 1.86 bits per heavy atom. The van der Waals surface area contributed by atoms with Gasteiger partial charge in [0.05, 0.1) is 23.2 Å². The molecular weight excluding hydrogens is 440 g/mol. The minimum absolute atomic E-state index is 0.0747. The van der Waals surface area contributed by atoms with Crippen molar-refractivity contribution in [2.75, 3.05) is 6.61 Å². The predicted octanol–water partition coefficient (Wildman–Crippen LogP) is 4.75. The fourth-order valence-corrected chi connectivity index (χ4v) is 6.31. The van der Waals surface area contributed by atoms with E-state index in [2.05, 4.69) is 9.97 Å². The Hall–Kier alpha value is -4.32. The van der Waals surface area contributed by atoms with E-state index in [1.165, 1.54) is 0 Å². The van der Waals surface area contributed by atoms with Crippen molar-refractivity contribution < 1.29 is 19.4 Å². The summed E-state index contributed by atoms with van der Waals surface area (Å²) in [6.07, 6.45) is 3.75. The number of rotatable bonds is 7. The lowest BCUT2D eigenvalue weighted by Crippen LogP contribution is -2.42. The zero-order valence-corrected chi connectivity index (χ0v) is 18.8. The molecule has 2 heterocycles. The van der Waals surface area contributed by atoms with Crippen LogP contribution in [0.2, 0.25) is 0 Å². The molecule has 0 unspecified atom stereocenters. The molecule has 0 saturated carbocycles. The number of nitrogens with zero attached hydrogens (tertiary/aromatic N) is 2. The second-order valence-corrected chi connectivity index (χ2v) is 9.21. The van der Waals surface area contributed by atoms with Gasteiger partial charge in [0, 0.05) is 28.9 Å². The summed E-state index contributed by atoms with van der Waals surface area (Å²) in [5.41, 5.74) is 5.59. The number of carboxylic acid groups (broad SMARTS) is 1. The SMILES string of the molecule is O=COC[C@@]1(C[C@@]2(CC(=O)O)c3ccccc3-c3ncccc32)c2ccccc2-c2ncccc21. The molecule has 6 rings (SSSR count). The van der Waals surface area contributed by atoms with Gasteiger partial charge in [-0.25, -0.2) is 0 Å². The summed E-state index contributed by atoms with van der Waals surface area (Å²) in [4.78, 5) is 33.3. The molecular formula is C29H22N2O4. The number of hydrogen-bond acceptors (Lipinski definition) is 5. The molecule has 0 radical (unpaired) electrons. The average molecular weight is 463 g/mol. The topological polar surface area (TPSA) is 89.4 Å². The Morgan fingerprint density at radius 2 is 1.29 bits per heavy atom. The largest absolute Gasteiger partial charge is 0.481 e. The molecule has 4 aromatic rings. The van der Waals surface area contributed by atoms with Crippen LogP contribution in [0, 0.1) is 0 Å². The smallest absolute Gasteiger partial charge is 0.304 e. The van der Waals surface area contributed by atoms with E-state index in [4.69, 9.17) is 4.74 Å². The van der Waals surface area contributed by atoms with Gasteiger partial charge in [-0.05, 0) is 40.8 Å². The maximum absolute atomic E-state index is 12.4. The third-order valence-corrected chi connectivity index (χ3v) is 7.50. The van der Waals surface area contributed by atoms with Crippen LogP contribution in [0.1, 0.15) is 35.1 Å². The molecule has 2 aromatic heterocycles. The molecule has 0 spiro atoms. The molecule has 1 N–H and O–H groups in total. The van der Waals surface area contributed by atoms with Gasteiger partial charge in [0.2, 0.25) is 0 Å². The first-order chi connectivity index (χ1) is 17.1. The van der Waals surface area contributed by atoms with Crippen molar-refractivity contribution in [2.45, 2.75) is 23.7 Å². The van der Waals surface area contributed by atoms with E-state index in [0.29, 0.717) is 12.9 Å². The van der Waals surface area contributed by atoms with Crippen molar-refractivity contribution in [1.29, 1.82) is 0 Å². The monoisotopic (exact) mass is 462 g/mol. The number of carbonyl (C=O) groups excluding carboxylic acids is 1. The summed E-state index contributed by atoms with van der Waals surface area (Å²) >= 11 is 0. The first-order valence-corrected chi connectivity index (χ1v) is 11.5. The summed E-state index contributed by atoms with van der Waals surface area (Å²) in [5, 5.41) is 10.2. The lowest BCUT2D eigenvalue weighted by molar-refractivity contribution is -0.138. The summed E-state index contributed by atoms with van der Waals surface area (Å²) in [5.74, 6) is -0.902. The third kappa shape index (κ3) is 2.96. The van der Waals surface area contributed by atoms with E-state index in [1.807, 2.05) is 72.8 Å². The summed E-state index contributed by atoms with van der Waals surface area (Å²) in [7, 11) is 0. The number of pyridine rings is 2. The van der Waals surface area contributed by atoms with Crippen LogP contribution in [0.15, 0.2) is 85.2 Å². The van der Waals surface area contributed by atoms with Crippen molar-refractivity contribution >= 4 is 12.4 Å². The second-order valence-electron chi connectivity index (χ2n) is 9.21. The van der Waals surface area contributed by atoms with Crippen LogP contribution >= 0.6 is 0 Å². The molecule has 2 aromatic carbocycles. The van der Waals surface area contributed by atoms with Crippen molar-refractivity contribution in [1.82, 2.24) is 9.97 Å². The normalized spacial score (nSPS) is 20.9. The molecule has 2 aliphatic rings. The van der Waals surface area contributed by atoms with Crippen molar-refractivity contribution in [2.24, 2.45) is 0 Å². The zero-order chi connectivity index (χ0) is 24.0. The van der Waals surface area contributed by atoms with Crippen molar-refractivity contribution in [3.8, 4) is 22.5 Å². The fraction of sp³-hybridized carbons (Fsp3) is 0.172. The van der Waals surface area contributed by atoms with Gasteiger partial charge in [0.15, 0.2) is 0 Å². The van der Waals surface area contributed by atoms with Crippen molar-refractivity contribution in [3.05, 3.63) is 107 Å². The molecule has 0 fully saturated rings. The highest BCUT2D eigenvalue weighted by Gasteiger charge is 2.55. The van der Waals surface area contributed by atoms with Crippen LogP contribution in [0.3, 0.4) is 0 Å². The van der Waals surface area contributed by atoms with Crippen LogP contribution in [-0.2, 0) is 25.2 Å². The van der Waals surface area contributed by atoms with Gasteiger partial charge in [0.25, 0.3) is 6.47 Å². The molecule has 2 aliphatic carbocycles. The second kappa shape index (κ2) is 7.87. The maximum Gasteiger partial charge on any atom is 0.304 e. The zero-order valence-electron chi connectivity index (χ0n) is 18.8. The Labute approximate surface area is 202 Å². The molecule has 6 heteroatoms. The quantitative estimate of drug-likeness (QED) is 0.399. The molecule has 0 bridgehead atoms. The van der Waals surface area contributed by atoms with E-state index >= 15 is 0 Å². The molecule has 2 atom stereocenters. The van der Waals surface area contributed by atoms with Crippen LogP contribution in [0.25, 0.3) is 22.5 Å². The van der Waals surface area contributed by atoms with E-state index in [-0.39, 0.29) is 13.0 Å². The minimum atomic E-state index is -0.902. The number of ether oxygens (including phenoxy) is 1. The van der Waals surface area contributed by atoms with Gasteiger partial charge in [-0.1, -0.05) is 60.7 Å². The molecule has 172 valence electrons. The first-order valence-electron chi connectivity index (χ1n) is 11.5. The number of carbonyl (C=O) groups is 2. The number of benzene rings is 2. The van der Waals surface area contributed by atoms with E-state index in [0.717, 1.165) is 44.8 Å². The Morgan fingerprint density at radius 1 is 0.771 bits per heavy atom. The average Bonchev–Trinajstić information content (AvgIpc) is 3.31. The van der Waals surface area contributed by atoms with E-state index < -0.39 is 16.8 Å². The van der Waals surface area contributed by atoms with Crippen LogP contribution < -0.4 is 0 Å². The molecule has 0 amide bonds. The standard InChI is InChI=1S/C29H22N2O4/c32-18-35-17-29(22-10-4-2-8-20(22)27-24(29)12-6-14-31-27)16-28(15-25(33)34)21-9-3-1-7-19(21)26-23(28)11-5-13-30-26/h1-14,18H,15-17H2,(H,33,34)/t28-,29-/m0/s1. The highest BCUT2D eigenvalue weighted by molar-refractivity contribution is 5.84. The lowest BCUT2D eigenvalue weighted by Gasteiger charge is -2.41. The van der Waals surface area contributed by atoms with Gasteiger partial charge < -0.3 is 9.84 Å². The van der Waals surface area contributed by atoms with Crippen molar-refractivity contribution in [3.63, 3.8) is 0 Å². The lowest BCUT2D eigenvalue weighted by atomic mass is 9.62. The number of hydrogen-bond donors (Lipinski definition) is 1. The van der Waals surface area contributed by atoms with E-state index in [9.17, 15) is 14.7 Å². The maximum atomic E-state index is 12.4. The molecule has 35 heavy (non-hydrogen) atoms. The first kappa shape index (κ1) is 21.2. The number of aromatic nitrogens is 2. The summed E-state index contributed by atoms with van der Waals surface area (Å²) in [6.45, 7) is 0.534. The summed E-state index contributed by atoms with van der Waals surface area (Å²) < 4.78 is 5.50. The Balaban J connectivity index is 1.66.